The maximum Gasteiger partial charge on any atom is 0.245 e. The number of rotatable bonds is 2. The first-order valence-corrected chi connectivity index (χ1v) is 7.41. The highest BCUT2D eigenvalue weighted by atomic mass is 35.5. The van der Waals surface area contributed by atoms with Crippen LogP contribution in [0.2, 0.25) is 10.4 Å². The first kappa shape index (κ1) is 13.4. The van der Waals surface area contributed by atoms with Gasteiger partial charge in [0.15, 0.2) is 11.0 Å². The Kier molecular flexibility index (Phi) is 2.95. The van der Waals surface area contributed by atoms with Gasteiger partial charge in [-0.3, -0.25) is 0 Å². The van der Waals surface area contributed by atoms with Gasteiger partial charge in [-0.25, -0.2) is 0 Å². The number of nitrogens with zero attached hydrogens (tertiary/aromatic N) is 3. The number of aromatic nitrogens is 3. The lowest BCUT2D eigenvalue weighted by Crippen LogP contribution is -2.46. The Bertz CT molecular complexity index is 515. The zero-order chi connectivity index (χ0) is 13.8. The number of hydrogen-bond acceptors (Lipinski definition) is 4. The van der Waals surface area contributed by atoms with E-state index in [0.717, 1.165) is 5.92 Å². The summed E-state index contributed by atoms with van der Waals surface area (Å²) in [5.74, 6) is 1.31. The molecule has 4 nitrogen and oxygen atoms in total. The van der Waals surface area contributed by atoms with Gasteiger partial charge < -0.3 is 5.32 Å². The van der Waals surface area contributed by atoms with Gasteiger partial charge in [0.1, 0.15) is 0 Å². The minimum atomic E-state index is 0.123. The Morgan fingerprint density at radius 2 is 1.95 bits per heavy atom. The van der Waals surface area contributed by atoms with E-state index in [1.54, 1.807) is 0 Å². The predicted octanol–water partition coefficient (Wildman–Crippen LogP) is 3.81. The number of nitrogens with one attached hydrogen (secondary N) is 1. The van der Waals surface area contributed by atoms with Crippen LogP contribution >= 0.6 is 23.2 Å². The molecule has 2 aliphatic rings. The third-order valence-corrected chi connectivity index (χ3v) is 5.59. The van der Waals surface area contributed by atoms with E-state index in [1.165, 1.54) is 19.3 Å². The molecule has 1 aromatic rings. The highest BCUT2D eigenvalue weighted by molar-refractivity contribution is 6.32. The summed E-state index contributed by atoms with van der Waals surface area (Å²) in [5, 5.41) is 11.3. The highest BCUT2D eigenvalue weighted by Gasteiger charge is 2.59. The summed E-state index contributed by atoms with van der Waals surface area (Å²) in [6.45, 7) is 7.00. The summed E-state index contributed by atoms with van der Waals surface area (Å²) in [6.07, 6.45) is 3.84. The third kappa shape index (κ3) is 2.00. The third-order valence-electron chi connectivity index (χ3n) is 5.17. The molecule has 0 aromatic carbocycles. The lowest BCUT2D eigenvalue weighted by Gasteiger charge is -2.43. The van der Waals surface area contributed by atoms with Crippen molar-refractivity contribution in [2.45, 2.75) is 46.1 Å². The molecule has 2 bridgehead atoms. The Balaban J connectivity index is 1.92. The highest BCUT2D eigenvalue weighted by Crippen LogP contribution is 2.63. The van der Waals surface area contributed by atoms with Crippen molar-refractivity contribution in [1.82, 2.24) is 15.2 Å². The maximum atomic E-state index is 6.06. The van der Waals surface area contributed by atoms with Crippen molar-refractivity contribution in [1.29, 1.82) is 0 Å². The molecule has 1 heterocycles. The van der Waals surface area contributed by atoms with Crippen LogP contribution in [0, 0.1) is 16.7 Å². The predicted molar refractivity (Wildman–Crippen MR) is 76.5 cm³/mol. The smallest absolute Gasteiger partial charge is 0.245 e. The fraction of sp³-hybridized carbons (Fsp3) is 0.769. The minimum Gasteiger partial charge on any atom is -0.364 e. The lowest BCUT2D eigenvalue weighted by molar-refractivity contribution is 0.155. The van der Waals surface area contributed by atoms with Gasteiger partial charge in [0.05, 0.1) is 0 Å². The van der Waals surface area contributed by atoms with Gasteiger partial charge in [-0.15, -0.1) is 10.2 Å². The first-order chi connectivity index (χ1) is 8.83. The molecule has 3 atom stereocenters. The van der Waals surface area contributed by atoms with Crippen LogP contribution in [-0.4, -0.2) is 21.2 Å². The number of fused-ring (bicyclic) bond motifs is 2. The molecule has 19 heavy (non-hydrogen) atoms. The number of anilines is 1. The van der Waals surface area contributed by atoms with Gasteiger partial charge in [-0.2, -0.15) is 4.98 Å². The molecule has 3 unspecified atom stereocenters. The molecule has 3 rings (SSSR count). The second kappa shape index (κ2) is 4.19. The van der Waals surface area contributed by atoms with Crippen molar-refractivity contribution >= 4 is 29.0 Å². The van der Waals surface area contributed by atoms with Crippen LogP contribution in [-0.2, 0) is 0 Å². The van der Waals surface area contributed by atoms with Crippen LogP contribution in [0.1, 0.15) is 40.0 Å². The van der Waals surface area contributed by atoms with E-state index in [1.807, 2.05) is 0 Å². The fourth-order valence-electron chi connectivity index (χ4n) is 4.18. The monoisotopic (exact) mass is 300 g/mol. The van der Waals surface area contributed by atoms with Crippen LogP contribution in [0.15, 0.2) is 0 Å². The van der Waals surface area contributed by atoms with Gasteiger partial charge >= 0.3 is 0 Å². The summed E-state index contributed by atoms with van der Waals surface area (Å²) in [4.78, 5) is 4.17. The Hall–Kier alpha value is -0.610. The lowest BCUT2D eigenvalue weighted by atomic mass is 9.68. The van der Waals surface area contributed by atoms with Crippen molar-refractivity contribution in [3.8, 4) is 0 Å². The van der Waals surface area contributed by atoms with Crippen LogP contribution < -0.4 is 5.32 Å². The van der Waals surface area contributed by atoms with E-state index < -0.39 is 0 Å². The van der Waals surface area contributed by atoms with Crippen molar-refractivity contribution in [2.24, 2.45) is 16.7 Å². The second-order valence-electron chi connectivity index (χ2n) is 6.71. The van der Waals surface area contributed by atoms with Gasteiger partial charge in [0.2, 0.25) is 5.28 Å². The van der Waals surface area contributed by atoms with Crippen LogP contribution in [0.3, 0.4) is 0 Å². The quantitative estimate of drug-likeness (QED) is 0.902. The summed E-state index contributed by atoms with van der Waals surface area (Å²) in [6, 6.07) is 0.337. The molecule has 2 aliphatic carbocycles. The van der Waals surface area contributed by atoms with E-state index in [4.69, 9.17) is 23.2 Å². The molecule has 0 saturated heterocycles. The van der Waals surface area contributed by atoms with Crippen LogP contribution in [0.4, 0.5) is 5.82 Å². The van der Waals surface area contributed by atoms with Gasteiger partial charge in [0, 0.05) is 6.04 Å². The molecule has 2 saturated carbocycles. The van der Waals surface area contributed by atoms with Crippen LogP contribution in [0.25, 0.3) is 0 Å². The molecule has 0 radical (unpaired) electrons. The van der Waals surface area contributed by atoms with E-state index >= 15 is 0 Å². The van der Waals surface area contributed by atoms with Gasteiger partial charge in [-0.05, 0) is 47.6 Å². The second-order valence-corrected chi connectivity index (χ2v) is 7.41. The molecule has 1 aromatic heterocycles. The SMILES string of the molecule is CC12CCC(C1)C(C)(C)C2Nc1nc(Cl)nnc1Cl. The van der Waals surface area contributed by atoms with E-state index in [-0.39, 0.29) is 15.9 Å². The van der Waals surface area contributed by atoms with E-state index in [9.17, 15) is 0 Å². The van der Waals surface area contributed by atoms with Gasteiger partial charge in [0.25, 0.3) is 0 Å². The van der Waals surface area contributed by atoms with E-state index in [0.29, 0.717) is 17.3 Å². The number of halogens is 2. The fourth-order valence-corrected chi connectivity index (χ4v) is 4.44. The largest absolute Gasteiger partial charge is 0.364 e. The average Bonchev–Trinajstić information content (AvgIpc) is 2.80. The molecule has 104 valence electrons. The van der Waals surface area contributed by atoms with Gasteiger partial charge in [-0.1, -0.05) is 32.4 Å². The zero-order valence-corrected chi connectivity index (χ0v) is 12.9. The zero-order valence-electron chi connectivity index (χ0n) is 11.4. The molecular formula is C13H18Cl2N4. The topological polar surface area (TPSA) is 50.7 Å². The van der Waals surface area contributed by atoms with Crippen molar-refractivity contribution < 1.29 is 0 Å². The summed E-state index contributed by atoms with van der Waals surface area (Å²) in [5.41, 5.74) is 0.530. The van der Waals surface area contributed by atoms with Crippen molar-refractivity contribution in [2.75, 3.05) is 5.32 Å². The molecule has 1 N–H and O–H groups in total. The van der Waals surface area contributed by atoms with Crippen LogP contribution in [0.5, 0.6) is 0 Å². The summed E-state index contributed by atoms with van der Waals surface area (Å²) >= 11 is 11.9. The molecule has 6 heteroatoms. The standard InChI is InChI=1S/C13H18Cl2N4/c1-12(2)7-4-5-13(3,6-7)10(12)16-9-8(14)18-19-11(15)17-9/h7,10H,4-6H2,1-3H3,(H,16,17,19). The maximum absolute atomic E-state index is 6.06. The minimum absolute atomic E-state index is 0.123. The van der Waals surface area contributed by atoms with Crippen molar-refractivity contribution in [3.05, 3.63) is 10.4 Å². The molecule has 0 amide bonds. The summed E-state index contributed by atoms with van der Waals surface area (Å²) in [7, 11) is 0. The molecular weight excluding hydrogens is 283 g/mol. The first-order valence-electron chi connectivity index (χ1n) is 6.65. The molecule has 2 fully saturated rings. The molecule has 0 aliphatic heterocycles. The Morgan fingerprint density at radius 1 is 1.21 bits per heavy atom. The summed E-state index contributed by atoms with van der Waals surface area (Å²) < 4.78 is 0. The van der Waals surface area contributed by atoms with Crippen molar-refractivity contribution in [3.63, 3.8) is 0 Å². The normalized spacial score (nSPS) is 35.6. The number of hydrogen-bond donors (Lipinski definition) is 1. The molecule has 0 spiro atoms. The average molecular weight is 301 g/mol. The Labute approximate surface area is 123 Å². The Morgan fingerprint density at radius 3 is 2.58 bits per heavy atom. The van der Waals surface area contributed by atoms with E-state index in [2.05, 4.69) is 41.3 Å².